The number of Topliss-reactive ketones (excluding diaryl/α,β-unsaturated/α-hetero) is 1. The molecule has 140 valence electrons. The number of carbonyl (C=O) groups excluding carboxylic acids is 1. The second kappa shape index (κ2) is 7.31. The van der Waals surface area contributed by atoms with Crippen LogP contribution < -0.4 is 0 Å². The molecule has 6 heteroatoms. The van der Waals surface area contributed by atoms with Crippen molar-refractivity contribution in [1.29, 1.82) is 0 Å². The maximum atomic E-state index is 15.0. The number of imidazole rings is 1. The van der Waals surface area contributed by atoms with Crippen LogP contribution >= 0.6 is 0 Å². The van der Waals surface area contributed by atoms with Crippen molar-refractivity contribution in [2.24, 2.45) is 0 Å². The van der Waals surface area contributed by atoms with E-state index in [0.717, 1.165) is 5.56 Å². The SMILES string of the molecule is CCCC(=O)c1cc(C)c(-c2nc3cc(C)ccn3c2CC(=O)O)c(F)c1. The van der Waals surface area contributed by atoms with Crippen LogP contribution in [0.3, 0.4) is 0 Å². The van der Waals surface area contributed by atoms with Crippen LogP contribution in [-0.2, 0) is 11.2 Å². The third kappa shape index (κ3) is 3.60. The van der Waals surface area contributed by atoms with Crippen molar-refractivity contribution in [3.05, 3.63) is 58.7 Å². The number of pyridine rings is 1. The Morgan fingerprint density at radius 2 is 1.96 bits per heavy atom. The number of aliphatic carboxylic acids is 1. The van der Waals surface area contributed by atoms with Gasteiger partial charge in [0, 0.05) is 23.7 Å². The highest BCUT2D eigenvalue weighted by Gasteiger charge is 2.22. The fraction of sp³-hybridized carbons (Fsp3) is 0.286. The predicted molar refractivity (Wildman–Crippen MR) is 101 cm³/mol. The minimum atomic E-state index is -1.02. The number of benzene rings is 1. The lowest BCUT2D eigenvalue weighted by Crippen LogP contribution is -2.06. The van der Waals surface area contributed by atoms with E-state index in [1.165, 1.54) is 6.07 Å². The van der Waals surface area contributed by atoms with Crippen LogP contribution in [0.4, 0.5) is 4.39 Å². The number of ketones is 1. The average molecular weight is 368 g/mol. The van der Waals surface area contributed by atoms with Crippen LogP contribution in [0, 0.1) is 19.7 Å². The van der Waals surface area contributed by atoms with Crippen molar-refractivity contribution in [2.75, 3.05) is 0 Å². The van der Waals surface area contributed by atoms with Gasteiger partial charge in [-0.2, -0.15) is 0 Å². The number of hydrogen-bond acceptors (Lipinski definition) is 3. The summed E-state index contributed by atoms with van der Waals surface area (Å²) in [6.45, 7) is 5.51. The number of nitrogens with zero attached hydrogens (tertiary/aromatic N) is 2. The van der Waals surface area contributed by atoms with Gasteiger partial charge in [-0.1, -0.05) is 6.92 Å². The standard InChI is InChI=1S/C21H21FN2O3/c1-4-5-17(25)14-9-13(3)20(15(22)10-14)21-16(11-19(26)27)24-7-6-12(2)8-18(24)23-21/h6-10H,4-5,11H2,1-3H3,(H,26,27). The first kappa shape index (κ1) is 18.8. The van der Waals surface area contributed by atoms with Crippen LogP contribution in [-0.4, -0.2) is 26.2 Å². The molecule has 0 unspecified atom stereocenters. The van der Waals surface area contributed by atoms with Gasteiger partial charge in [0.25, 0.3) is 0 Å². The number of carbonyl (C=O) groups is 2. The second-order valence-corrected chi connectivity index (χ2v) is 6.73. The molecule has 0 aliphatic carbocycles. The van der Waals surface area contributed by atoms with Gasteiger partial charge in [-0.05, 0) is 55.7 Å². The van der Waals surface area contributed by atoms with E-state index in [-0.39, 0.29) is 17.8 Å². The van der Waals surface area contributed by atoms with Gasteiger partial charge in [0.05, 0.1) is 17.8 Å². The molecule has 3 rings (SSSR count). The Kier molecular flexibility index (Phi) is 5.08. The van der Waals surface area contributed by atoms with E-state index in [4.69, 9.17) is 0 Å². The summed E-state index contributed by atoms with van der Waals surface area (Å²) in [5.41, 5.74) is 3.36. The number of aryl methyl sites for hydroxylation is 2. The summed E-state index contributed by atoms with van der Waals surface area (Å²) in [5.74, 6) is -1.70. The van der Waals surface area contributed by atoms with Gasteiger partial charge in [-0.25, -0.2) is 9.37 Å². The topological polar surface area (TPSA) is 71.7 Å². The summed E-state index contributed by atoms with van der Waals surface area (Å²) in [6, 6.07) is 6.54. The van der Waals surface area contributed by atoms with E-state index in [1.807, 2.05) is 26.0 Å². The Morgan fingerprint density at radius 1 is 1.22 bits per heavy atom. The zero-order chi connectivity index (χ0) is 19.7. The summed E-state index contributed by atoms with van der Waals surface area (Å²) in [4.78, 5) is 28.0. The van der Waals surface area contributed by atoms with Crippen LogP contribution in [0.1, 0.15) is 46.9 Å². The Morgan fingerprint density at radius 3 is 2.59 bits per heavy atom. The van der Waals surface area contributed by atoms with Crippen molar-refractivity contribution in [1.82, 2.24) is 9.38 Å². The van der Waals surface area contributed by atoms with Crippen molar-refractivity contribution < 1.29 is 19.1 Å². The molecule has 0 aliphatic rings. The largest absolute Gasteiger partial charge is 0.481 e. The van der Waals surface area contributed by atoms with Crippen LogP contribution in [0.5, 0.6) is 0 Å². The molecule has 0 fully saturated rings. The molecule has 0 saturated heterocycles. The van der Waals surface area contributed by atoms with Gasteiger partial charge < -0.3 is 9.51 Å². The number of fused-ring (bicyclic) bond motifs is 1. The number of carboxylic acids is 1. The third-order valence-corrected chi connectivity index (χ3v) is 4.52. The molecule has 0 atom stereocenters. The summed E-state index contributed by atoms with van der Waals surface area (Å²) in [6.07, 6.45) is 2.51. The lowest BCUT2D eigenvalue weighted by atomic mass is 9.97. The molecule has 5 nitrogen and oxygen atoms in total. The molecule has 1 N–H and O–H groups in total. The van der Waals surface area contributed by atoms with Gasteiger partial charge in [0.2, 0.25) is 0 Å². The molecule has 2 aromatic heterocycles. The van der Waals surface area contributed by atoms with E-state index in [0.29, 0.717) is 41.0 Å². The Hall–Kier alpha value is -3.02. The van der Waals surface area contributed by atoms with Crippen LogP contribution in [0.15, 0.2) is 30.5 Å². The molecule has 1 aromatic carbocycles. The van der Waals surface area contributed by atoms with E-state index in [9.17, 15) is 19.1 Å². The first-order chi connectivity index (χ1) is 12.8. The van der Waals surface area contributed by atoms with Gasteiger partial charge in [0.1, 0.15) is 11.5 Å². The second-order valence-electron chi connectivity index (χ2n) is 6.73. The van der Waals surface area contributed by atoms with E-state index >= 15 is 0 Å². The number of halogens is 1. The molecule has 0 amide bonds. The van der Waals surface area contributed by atoms with E-state index < -0.39 is 11.8 Å². The van der Waals surface area contributed by atoms with Crippen LogP contribution in [0.2, 0.25) is 0 Å². The van der Waals surface area contributed by atoms with Crippen molar-refractivity contribution in [2.45, 2.75) is 40.0 Å². The lowest BCUT2D eigenvalue weighted by Gasteiger charge is -2.10. The average Bonchev–Trinajstić information content (AvgIpc) is 2.91. The maximum Gasteiger partial charge on any atom is 0.309 e. The maximum absolute atomic E-state index is 15.0. The lowest BCUT2D eigenvalue weighted by molar-refractivity contribution is -0.136. The Bertz CT molecular complexity index is 1030. The summed E-state index contributed by atoms with van der Waals surface area (Å²) in [7, 11) is 0. The summed E-state index contributed by atoms with van der Waals surface area (Å²) in [5, 5.41) is 9.31. The molecule has 0 spiro atoms. The number of hydrogen-bond donors (Lipinski definition) is 1. The highest BCUT2D eigenvalue weighted by molar-refractivity contribution is 5.97. The molecule has 0 saturated carbocycles. The quantitative estimate of drug-likeness (QED) is 0.656. The zero-order valence-electron chi connectivity index (χ0n) is 15.5. The highest BCUT2D eigenvalue weighted by Crippen LogP contribution is 2.31. The molecular weight excluding hydrogens is 347 g/mol. The molecule has 0 radical (unpaired) electrons. The fourth-order valence-electron chi connectivity index (χ4n) is 3.29. The first-order valence-electron chi connectivity index (χ1n) is 8.85. The Balaban J connectivity index is 2.22. The third-order valence-electron chi connectivity index (χ3n) is 4.52. The highest BCUT2D eigenvalue weighted by atomic mass is 19.1. The molecule has 0 bridgehead atoms. The molecule has 27 heavy (non-hydrogen) atoms. The van der Waals surface area contributed by atoms with Crippen LogP contribution in [0.25, 0.3) is 16.9 Å². The van der Waals surface area contributed by atoms with Crippen molar-refractivity contribution in [3.8, 4) is 11.3 Å². The minimum absolute atomic E-state index is 0.109. The fourth-order valence-corrected chi connectivity index (χ4v) is 3.29. The number of carboxylic acid groups (broad SMARTS) is 1. The zero-order valence-corrected chi connectivity index (χ0v) is 15.5. The normalized spacial score (nSPS) is 11.1. The predicted octanol–water partition coefficient (Wildman–Crippen LogP) is 4.37. The summed E-state index contributed by atoms with van der Waals surface area (Å²) < 4.78 is 16.6. The van der Waals surface area contributed by atoms with Gasteiger partial charge in [-0.15, -0.1) is 0 Å². The molecule has 2 heterocycles. The van der Waals surface area contributed by atoms with Crippen molar-refractivity contribution >= 4 is 17.4 Å². The van der Waals surface area contributed by atoms with Gasteiger partial charge in [-0.3, -0.25) is 9.59 Å². The van der Waals surface area contributed by atoms with Gasteiger partial charge in [0.15, 0.2) is 5.78 Å². The van der Waals surface area contributed by atoms with E-state index in [1.54, 1.807) is 23.6 Å². The minimum Gasteiger partial charge on any atom is -0.481 e. The monoisotopic (exact) mass is 368 g/mol. The first-order valence-corrected chi connectivity index (χ1v) is 8.85. The smallest absolute Gasteiger partial charge is 0.309 e. The number of aromatic nitrogens is 2. The van der Waals surface area contributed by atoms with Crippen molar-refractivity contribution in [3.63, 3.8) is 0 Å². The molecular formula is C21H21FN2O3. The van der Waals surface area contributed by atoms with E-state index in [2.05, 4.69) is 4.98 Å². The number of rotatable bonds is 6. The molecule has 0 aliphatic heterocycles. The summed E-state index contributed by atoms with van der Waals surface area (Å²) >= 11 is 0. The Labute approximate surface area is 156 Å². The van der Waals surface area contributed by atoms with Gasteiger partial charge >= 0.3 is 5.97 Å². The molecule has 3 aromatic rings.